The summed E-state index contributed by atoms with van der Waals surface area (Å²) in [4.78, 5) is 37.7. The fourth-order valence-corrected chi connectivity index (χ4v) is 2.86. The van der Waals surface area contributed by atoms with Crippen LogP contribution in [0.1, 0.15) is 20.3 Å². The number of hydrogen-bond donors (Lipinski definition) is 6. The lowest BCUT2D eigenvalue weighted by Gasteiger charge is -2.29. The van der Waals surface area contributed by atoms with E-state index in [4.69, 9.17) is 0 Å². The van der Waals surface area contributed by atoms with Crippen LogP contribution in [0.4, 0.5) is 19.0 Å². The molecule has 6 N–H and O–H groups in total. The molecule has 31 heavy (non-hydrogen) atoms. The number of amides is 1. The second kappa shape index (κ2) is 7.81. The summed E-state index contributed by atoms with van der Waals surface area (Å²) in [5.41, 5.74) is -2.22. The number of anilines is 1. The van der Waals surface area contributed by atoms with Gasteiger partial charge in [0.15, 0.2) is 5.82 Å². The van der Waals surface area contributed by atoms with Crippen molar-refractivity contribution >= 4 is 22.8 Å². The molecule has 0 saturated carbocycles. The Bertz CT molecular complexity index is 1190. The van der Waals surface area contributed by atoms with Crippen LogP contribution in [0.25, 0.3) is 22.4 Å². The van der Waals surface area contributed by atoms with Crippen molar-refractivity contribution in [2.24, 2.45) is 0 Å². The first-order chi connectivity index (χ1) is 14.4. The zero-order valence-electron chi connectivity index (χ0n) is 16.4. The number of halogens is 3. The van der Waals surface area contributed by atoms with E-state index in [1.165, 1.54) is 20.0 Å². The number of carbonyl (C=O) groups excluding carboxylic acids is 1. The molecule has 1 amide bonds. The number of aromatic amines is 2. The fourth-order valence-electron chi connectivity index (χ4n) is 2.86. The van der Waals surface area contributed by atoms with E-state index < -0.39 is 41.3 Å². The summed E-state index contributed by atoms with van der Waals surface area (Å²) in [6.45, 7) is 1.29. The largest absolute Gasteiger partial charge is 0.500 e. The Morgan fingerprint density at radius 1 is 1.26 bits per heavy atom. The van der Waals surface area contributed by atoms with Gasteiger partial charge in [-0.1, -0.05) is 6.92 Å². The van der Waals surface area contributed by atoms with Gasteiger partial charge in [-0.25, -0.2) is 9.97 Å². The van der Waals surface area contributed by atoms with E-state index in [2.05, 4.69) is 25.3 Å². The molecule has 0 fully saturated rings. The lowest BCUT2D eigenvalue weighted by atomic mass is 9.97. The molecule has 0 radical (unpaired) electrons. The predicted molar refractivity (Wildman–Crippen MR) is 105 cm³/mol. The van der Waals surface area contributed by atoms with Gasteiger partial charge in [-0.15, -0.1) is 0 Å². The van der Waals surface area contributed by atoms with Gasteiger partial charge in [-0.3, -0.25) is 9.59 Å². The lowest BCUT2D eigenvalue weighted by molar-refractivity contribution is -0.140. The number of aromatic hydroxyl groups is 2. The quantitative estimate of drug-likeness (QED) is 0.342. The number of carbonyl (C=O) groups is 1. The Morgan fingerprint density at radius 2 is 1.97 bits per heavy atom. The van der Waals surface area contributed by atoms with E-state index in [1.54, 1.807) is 17.4 Å². The predicted octanol–water partition coefficient (Wildman–Crippen LogP) is 1.98. The van der Waals surface area contributed by atoms with Crippen molar-refractivity contribution in [1.29, 1.82) is 0 Å². The van der Waals surface area contributed by atoms with Crippen LogP contribution in [0.3, 0.4) is 0 Å². The van der Waals surface area contributed by atoms with Gasteiger partial charge in [0.2, 0.25) is 17.5 Å². The molecule has 0 spiro atoms. The van der Waals surface area contributed by atoms with Crippen LogP contribution in [-0.2, 0) is 4.79 Å². The Labute approximate surface area is 172 Å². The highest BCUT2D eigenvalue weighted by atomic mass is 19.4. The molecule has 3 heterocycles. The molecular weight excluding hydrogens is 421 g/mol. The summed E-state index contributed by atoms with van der Waals surface area (Å²) in [6.07, 6.45) is -3.13. The van der Waals surface area contributed by atoms with Crippen molar-refractivity contribution in [2.75, 3.05) is 11.9 Å². The molecule has 0 aliphatic heterocycles. The second-order valence-electron chi connectivity index (χ2n) is 6.97. The Morgan fingerprint density at radius 3 is 2.61 bits per heavy atom. The average molecular weight is 440 g/mol. The van der Waals surface area contributed by atoms with E-state index in [0.717, 1.165) is 0 Å². The highest BCUT2D eigenvalue weighted by Gasteiger charge is 2.36. The molecule has 0 bridgehead atoms. The Hall–Kier alpha value is -3.77. The van der Waals surface area contributed by atoms with E-state index in [0.29, 0.717) is 11.0 Å². The molecule has 3 rings (SSSR count). The highest BCUT2D eigenvalue weighted by Crippen LogP contribution is 2.35. The van der Waals surface area contributed by atoms with Crippen LogP contribution in [0.5, 0.6) is 11.6 Å². The number of nitrogens with zero attached hydrogens (tertiary/aromatic N) is 2. The van der Waals surface area contributed by atoms with Crippen LogP contribution in [0, 0.1) is 0 Å². The maximum atomic E-state index is 12.5. The van der Waals surface area contributed by atoms with E-state index in [1.807, 2.05) is 0 Å². The maximum Gasteiger partial charge on any atom is 0.405 e. The first kappa shape index (κ1) is 21.9. The van der Waals surface area contributed by atoms with Crippen molar-refractivity contribution in [2.45, 2.75) is 32.0 Å². The van der Waals surface area contributed by atoms with E-state index in [-0.39, 0.29) is 23.7 Å². The lowest BCUT2D eigenvalue weighted by Crippen LogP contribution is -2.52. The summed E-state index contributed by atoms with van der Waals surface area (Å²) in [7, 11) is 0. The van der Waals surface area contributed by atoms with Gasteiger partial charge in [0.25, 0.3) is 5.56 Å². The molecule has 0 unspecified atom stereocenters. The molecule has 0 aliphatic rings. The van der Waals surface area contributed by atoms with Gasteiger partial charge in [0.1, 0.15) is 23.6 Å². The number of alkyl halides is 3. The average Bonchev–Trinajstić information content (AvgIpc) is 3.04. The van der Waals surface area contributed by atoms with Crippen LogP contribution >= 0.6 is 0 Å². The topological polar surface area (TPSA) is 156 Å². The normalized spacial score (nSPS) is 13.7. The smallest absolute Gasteiger partial charge is 0.405 e. The summed E-state index contributed by atoms with van der Waals surface area (Å²) < 4.78 is 37.4. The van der Waals surface area contributed by atoms with Gasteiger partial charge in [-0.05, 0) is 25.5 Å². The number of pyridine rings is 1. The minimum Gasteiger partial charge on any atom is -0.500 e. The van der Waals surface area contributed by atoms with Crippen molar-refractivity contribution < 1.29 is 28.2 Å². The number of aromatic nitrogens is 4. The van der Waals surface area contributed by atoms with Gasteiger partial charge < -0.3 is 30.8 Å². The van der Waals surface area contributed by atoms with E-state index >= 15 is 0 Å². The minimum atomic E-state index is -4.61. The number of fused-ring (bicyclic) bond motifs is 1. The Balaban J connectivity index is 2.02. The Kier molecular flexibility index (Phi) is 5.53. The van der Waals surface area contributed by atoms with Crippen molar-refractivity contribution in [3.8, 4) is 23.0 Å². The SMILES string of the molecule is CC[C@@](C)(Nc1nc(-c2c(O)[nH]c3ncccc23)[nH]c(=O)c1O)C(=O)NCC(F)(F)F. The molecule has 13 heteroatoms. The third-order valence-corrected chi connectivity index (χ3v) is 4.73. The molecular formula is C18H19F3N6O4. The molecule has 3 aromatic rings. The summed E-state index contributed by atoms with van der Waals surface area (Å²) in [6, 6.07) is 3.20. The number of nitrogens with one attached hydrogen (secondary N) is 4. The molecule has 1 atom stereocenters. The monoisotopic (exact) mass is 440 g/mol. The van der Waals surface area contributed by atoms with Crippen molar-refractivity contribution in [3.05, 3.63) is 28.7 Å². The molecule has 166 valence electrons. The van der Waals surface area contributed by atoms with Gasteiger partial charge >= 0.3 is 6.18 Å². The number of rotatable bonds is 6. The highest BCUT2D eigenvalue weighted by molar-refractivity contribution is 5.95. The standard InChI is InChI=1S/C18H19F3N6O4/c1-3-17(2,16(31)23-7-18(19,20)21)27-13-10(28)15(30)26-12(24-13)9-8-5-4-6-22-11(8)25-14(9)29/h4-6,28-29H,3,7H2,1-2H3,(H,22,25)(H,23,31)(H2,24,26,27,30)/t17-/m1/s1. The third kappa shape index (κ3) is 4.39. The van der Waals surface area contributed by atoms with Crippen molar-refractivity contribution in [3.63, 3.8) is 0 Å². The zero-order chi connectivity index (χ0) is 23.0. The summed E-state index contributed by atoms with van der Waals surface area (Å²) >= 11 is 0. The maximum absolute atomic E-state index is 12.5. The first-order valence-corrected chi connectivity index (χ1v) is 9.07. The van der Waals surface area contributed by atoms with Gasteiger partial charge in [-0.2, -0.15) is 13.2 Å². The fraction of sp³-hybridized carbons (Fsp3) is 0.333. The molecule has 10 nitrogen and oxygen atoms in total. The van der Waals surface area contributed by atoms with Crippen LogP contribution in [0.15, 0.2) is 23.1 Å². The summed E-state index contributed by atoms with van der Waals surface area (Å²) in [5.74, 6) is -2.83. The van der Waals surface area contributed by atoms with Crippen LogP contribution < -0.4 is 16.2 Å². The first-order valence-electron chi connectivity index (χ1n) is 9.07. The minimum absolute atomic E-state index is 0.00218. The van der Waals surface area contributed by atoms with Gasteiger partial charge in [0.05, 0.1) is 5.56 Å². The summed E-state index contributed by atoms with van der Waals surface area (Å²) in [5, 5.41) is 25.1. The van der Waals surface area contributed by atoms with E-state index in [9.17, 15) is 33.0 Å². The number of H-pyrrole nitrogens is 2. The van der Waals surface area contributed by atoms with Crippen LogP contribution in [0.2, 0.25) is 0 Å². The van der Waals surface area contributed by atoms with Gasteiger partial charge in [0, 0.05) is 11.6 Å². The third-order valence-electron chi connectivity index (χ3n) is 4.73. The van der Waals surface area contributed by atoms with Crippen molar-refractivity contribution in [1.82, 2.24) is 25.3 Å². The van der Waals surface area contributed by atoms with Crippen LogP contribution in [-0.4, -0.2) is 54.3 Å². The molecule has 0 saturated heterocycles. The zero-order valence-corrected chi connectivity index (χ0v) is 16.4. The molecule has 0 aliphatic carbocycles. The second-order valence-corrected chi connectivity index (χ2v) is 6.97. The molecule has 3 aromatic heterocycles. The number of hydrogen-bond acceptors (Lipinski definition) is 7. The molecule has 0 aromatic carbocycles.